The number of amides is 1. The summed E-state index contributed by atoms with van der Waals surface area (Å²) in [6.07, 6.45) is 3.43. The van der Waals surface area contributed by atoms with Gasteiger partial charge in [-0.15, -0.1) is 0 Å². The second-order valence-electron chi connectivity index (χ2n) is 6.14. The SMILES string of the molecule is CN1CCC2C(CCCN2C(=O)C#Cc2ccccc2)C1. The average molecular weight is 282 g/mol. The molecule has 110 valence electrons. The summed E-state index contributed by atoms with van der Waals surface area (Å²) in [7, 11) is 2.17. The molecule has 0 spiro atoms. The van der Waals surface area contributed by atoms with Crippen LogP contribution in [-0.4, -0.2) is 48.4 Å². The molecule has 2 saturated heterocycles. The highest BCUT2D eigenvalue weighted by Gasteiger charge is 2.36. The molecule has 1 amide bonds. The van der Waals surface area contributed by atoms with E-state index in [1.165, 1.54) is 6.42 Å². The van der Waals surface area contributed by atoms with E-state index in [2.05, 4.69) is 23.8 Å². The van der Waals surface area contributed by atoms with Crippen molar-refractivity contribution in [3.63, 3.8) is 0 Å². The van der Waals surface area contributed by atoms with Crippen LogP contribution >= 0.6 is 0 Å². The molecule has 0 aromatic heterocycles. The Morgan fingerprint density at radius 3 is 2.81 bits per heavy atom. The van der Waals surface area contributed by atoms with Crippen LogP contribution in [0.2, 0.25) is 0 Å². The van der Waals surface area contributed by atoms with Crippen molar-refractivity contribution >= 4 is 5.91 Å². The van der Waals surface area contributed by atoms with Gasteiger partial charge in [-0.3, -0.25) is 4.79 Å². The molecule has 2 aliphatic heterocycles. The smallest absolute Gasteiger partial charge is 0.299 e. The summed E-state index contributed by atoms with van der Waals surface area (Å²) in [5.74, 6) is 6.45. The van der Waals surface area contributed by atoms with Crippen LogP contribution in [0.1, 0.15) is 24.8 Å². The number of likely N-dealkylation sites (tertiary alicyclic amines) is 2. The van der Waals surface area contributed by atoms with E-state index < -0.39 is 0 Å². The predicted molar refractivity (Wildman–Crippen MR) is 83.7 cm³/mol. The summed E-state index contributed by atoms with van der Waals surface area (Å²) >= 11 is 0. The zero-order valence-electron chi connectivity index (χ0n) is 12.6. The minimum atomic E-state index is -0.00175. The van der Waals surface area contributed by atoms with Crippen molar-refractivity contribution in [3.05, 3.63) is 35.9 Å². The van der Waals surface area contributed by atoms with Gasteiger partial charge in [0.15, 0.2) is 0 Å². The molecular weight excluding hydrogens is 260 g/mol. The van der Waals surface area contributed by atoms with E-state index in [0.717, 1.165) is 38.0 Å². The van der Waals surface area contributed by atoms with Crippen LogP contribution in [0.25, 0.3) is 0 Å². The third kappa shape index (κ3) is 3.28. The summed E-state index contributed by atoms with van der Waals surface area (Å²) in [4.78, 5) is 16.9. The summed E-state index contributed by atoms with van der Waals surface area (Å²) in [6.45, 7) is 3.06. The Morgan fingerprint density at radius 2 is 2.00 bits per heavy atom. The van der Waals surface area contributed by atoms with Gasteiger partial charge >= 0.3 is 0 Å². The number of nitrogens with zero attached hydrogens (tertiary/aromatic N) is 2. The lowest BCUT2D eigenvalue weighted by Gasteiger charge is -2.45. The molecule has 2 unspecified atom stereocenters. The Bertz CT molecular complexity index is 558. The van der Waals surface area contributed by atoms with Crippen molar-refractivity contribution in [1.29, 1.82) is 0 Å². The topological polar surface area (TPSA) is 23.6 Å². The van der Waals surface area contributed by atoms with Crippen LogP contribution in [-0.2, 0) is 4.79 Å². The Balaban J connectivity index is 1.71. The van der Waals surface area contributed by atoms with Crippen LogP contribution < -0.4 is 0 Å². The van der Waals surface area contributed by atoms with Crippen LogP contribution in [0.5, 0.6) is 0 Å². The van der Waals surface area contributed by atoms with Crippen LogP contribution in [0, 0.1) is 17.8 Å². The van der Waals surface area contributed by atoms with E-state index >= 15 is 0 Å². The molecule has 1 aromatic carbocycles. The molecule has 2 heterocycles. The molecule has 21 heavy (non-hydrogen) atoms. The first-order chi connectivity index (χ1) is 10.2. The fourth-order valence-corrected chi connectivity index (χ4v) is 3.56. The van der Waals surface area contributed by atoms with Crippen LogP contribution in [0.15, 0.2) is 30.3 Å². The highest BCUT2D eigenvalue weighted by atomic mass is 16.2. The lowest BCUT2D eigenvalue weighted by atomic mass is 9.84. The van der Waals surface area contributed by atoms with Crippen molar-refractivity contribution in [1.82, 2.24) is 9.80 Å². The largest absolute Gasteiger partial charge is 0.329 e. The van der Waals surface area contributed by atoms with Crippen molar-refractivity contribution in [2.24, 2.45) is 5.92 Å². The van der Waals surface area contributed by atoms with Gasteiger partial charge in [-0.25, -0.2) is 0 Å². The number of carbonyl (C=O) groups excluding carboxylic acids is 1. The van der Waals surface area contributed by atoms with Crippen LogP contribution in [0.3, 0.4) is 0 Å². The zero-order valence-corrected chi connectivity index (χ0v) is 12.6. The predicted octanol–water partition coefficient (Wildman–Crippen LogP) is 1.98. The molecule has 3 rings (SSSR count). The number of carbonyl (C=O) groups is 1. The van der Waals surface area contributed by atoms with Gasteiger partial charge in [0.25, 0.3) is 5.91 Å². The minimum absolute atomic E-state index is 0.00175. The molecule has 3 heteroatoms. The Labute approximate surface area is 126 Å². The van der Waals surface area contributed by atoms with Gasteiger partial charge in [0.05, 0.1) is 0 Å². The lowest BCUT2D eigenvalue weighted by molar-refractivity contribution is -0.131. The molecular formula is C18H22N2O. The molecule has 0 radical (unpaired) electrons. The van der Waals surface area contributed by atoms with Crippen molar-refractivity contribution in [2.75, 3.05) is 26.7 Å². The van der Waals surface area contributed by atoms with E-state index in [4.69, 9.17) is 0 Å². The van der Waals surface area contributed by atoms with Gasteiger partial charge < -0.3 is 9.80 Å². The molecule has 0 aliphatic carbocycles. The summed E-state index contributed by atoms with van der Waals surface area (Å²) in [5.41, 5.74) is 0.905. The number of hydrogen-bond acceptors (Lipinski definition) is 2. The van der Waals surface area contributed by atoms with Crippen molar-refractivity contribution in [3.8, 4) is 11.8 Å². The molecule has 2 aliphatic rings. The summed E-state index contributed by atoms with van der Waals surface area (Å²) < 4.78 is 0. The zero-order chi connectivity index (χ0) is 14.7. The normalized spacial score (nSPS) is 25.7. The highest BCUT2D eigenvalue weighted by Crippen LogP contribution is 2.29. The van der Waals surface area contributed by atoms with E-state index in [0.29, 0.717) is 12.0 Å². The molecule has 0 N–H and O–H groups in total. The molecule has 2 atom stereocenters. The second-order valence-corrected chi connectivity index (χ2v) is 6.14. The minimum Gasteiger partial charge on any atom is -0.329 e. The lowest BCUT2D eigenvalue weighted by Crippen LogP contribution is -2.54. The molecule has 2 fully saturated rings. The van der Waals surface area contributed by atoms with Crippen LogP contribution in [0.4, 0.5) is 0 Å². The highest BCUT2D eigenvalue weighted by molar-refractivity contribution is 5.94. The molecule has 0 bridgehead atoms. The number of fused-ring (bicyclic) bond motifs is 1. The molecule has 0 saturated carbocycles. The Morgan fingerprint density at radius 1 is 1.19 bits per heavy atom. The first-order valence-electron chi connectivity index (χ1n) is 7.80. The number of hydrogen-bond donors (Lipinski definition) is 0. The maximum absolute atomic E-state index is 12.4. The Hall–Kier alpha value is -1.79. The van der Waals surface area contributed by atoms with Gasteiger partial charge in [-0.05, 0) is 50.9 Å². The van der Waals surface area contributed by atoms with Gasteiger partial charge in [0.1, 0.15) is 0 Å². The van der Waals surface area contributed by atoms with Crippen molar-refractivity contribution < 1.29 is 4.79 Å². The maximum Gasteiger partial charge on any atom is 0.299 e. The summed E-state index contributed by atoms with van der Waals surface area (Å²) in [5, 5.41) is 0. The monoisotopic (exact) mass is 282 g/mol. The maximum atomic E-state index is 12.4. The average Bonchev–Trinajstić information content (AvgIpc) is 2.52. The summed E-state index contributed by atoms with van der Waals surface area (Å²) in [6, 6.07) is 10.1. The van der Waals surface area contributed by atoms with Gasteiger partial charge in [0, 0.05) is 30.6 Å². The Kier molecular flexibility index (Phi) is 4.26. The first-order valence-corrected chi connectivity index (χ1v) is 7.80. The standard InChI is InChI=1S/C18H22N2O/c1-19-13-11-17-16(14-19)8-5-12-20(17)18(21)10-9-15-6-3-2-4-7-15/h2-4,6-7,16-17H,5,8,11-14H2,1H3. The van der Waals surface area contributed by atoms with Crippen molar-refractivity contribution in [2.45, 2.75) is 25.3 Å². The van der Waals surface area contributed by atoms with E-state index in [1.54, 1.807) is 0 Å². The van der Waals surface area contributed by atoms with Gasteiger partial charge in [-0.2, -0.15) is 0 Å². The third-order valence-electron chi connectivity index (χ3n) is 4.62. The fraction of sp³-hybridized carbons (Fsp3) is 0.500. The van der Waals surface area contributed by atoms with E-state index in [1.807, 2.05) is 35.2 Å². The quantitative estimate of drug-likeness (QED) is 0.679. The second kappa shape index (κ2) is 6.32. The number of rotatable bonds is 0. The van der Waals surface area contributed by atoms with E-state index in [-0.39, 0.29) is 5.91 Å². The fourth-order valence-electron chi connectivity index (χ4n) is 3.56. The molecule has 1 aromatic rings. The number of benzene rings is 1. The molecule has 3 nitrogen and oxygen atoms in total. The number of piperidine rings is 2. The van der Waals surface area contributed by atoms with E-state index in [9.17, 15) is 4.79 Å². The van der Waals surface area contributed by atoms with Gasteiger partial charge in [0.2, 0.25) is 0 Å². The van der Waals surface area contributed by atoms with Gasteiger partial charge in [-0.1, -0.05) is 24.1 Å². The first kappa shape index (κ1) is 14.2. The third-order valence-corrected chi connectivity index (χ3v) is 4.62.